The molecule has 4 unspecified atom stereocenters. The zero-order valence-electron chi connectivity index (χ0n) is 15.0. The van der Waals surface area contributed by atoms with Crippen LogP contribution in [-0.2, 0) is 10.2 Å². The van der Waals surface area contributed by atoms with E-state index in [-0.39, 0.29) is 22.7 Å². The third-order valence-electron chi connectivity index (χ3n) is 6.60. The van der Waals surface area contributed by atoms with Crippen LogP contribution in [0.2, 0.25) is 0 Å². The number of aliphatic hydroxyl groups excluding tert-OH is 1. The molecule has 4 atom stereocenters. The number of phenols is 1. The Morgan fingerprint density at radius 1 is 1.21 bits per heavy atom. The lowest BCUT2D eigenvalue weighted by Crippen LogP contribution is -2.59. The van der Waals surface area contributed by atoms with E-state index in [1.807, 2.05) is 12.1 Å². The van der Waals surface area contributed by atoms with Crippen molar-refractivity contribution in [3.63, 3.8) is 0 Å². The molecule has 2 N–H and O–H groups in total. The van der Waals surface area contributed by atoms with Gasteiger partial charge >= 0.3 is 0 Å². The Morgan fingerprint density at radius 3 is 2.67 bits per heavy atom. The van der Waals surface area contributed by atoms with Crippen LogP contribution in [0.25, 0.3) is 0 Å². The number of aliphatic hydroxyl groups is 1. The number of fused-ring (bicyclic) bond motifs is 1. The first-order chi connectivity index (χ1) is 11.3. The van der Waals surface area contributed by atoms with Crippen LogP contribution in [0.15, 0.2) is 12.1 Å². The Labute approximate surface area is 143 Å². The maximum absolute atomic E-state index is 10.6. The second-order valence-corrected chi connectivity index (χ2v) is 8.77. The smallest absolute Gasteiger partial charge is 0.212 e. The lowest BCUT2D eigenvalue weighted by atomic mass is 9.52. The molecule has 132 valence electrons. The van der Waals surface area contributed by atoms with Gasteiger partial charge in [-0.15, -0.1) is 0 Å². The van der Waals surface area contributed by atoms with Crippen LogP contribution in [0.4, 0.5) is 0 Å². The van der Waals surface area contributed by atoms with Gasteiger partial charge in [0.15, 0.2) is 6.29 Å². The molecule has 2 heterocycles. The summed E-state index contributed by atoms with van der Waals surface area (Å²) in [5.41, 5.74) is 1.82. The van der Waals surface area contributed by atoms with Crippen LogP contribution in [0, 0.1) is 11.3 Å². The summed E-state index contributed by atoms with van der Waals surface area (Å²) in [4.78, 5) is 0. The van der Waals surface area contributed by atoms with Crippen molar-refractivity contribution in [2.24, 2.45) is 11.3 Å². The molecule has 1 saturated heterocycles. The van der Waals surface area contributed by atoms with Crippen LogP contribution in [0.3, 0.4) is 0 Å². The van der Waals surface area contributed by atoms with Crippen molar-refractivity contribution in [3.05, 3.63) is 23.3 Å². The van der Waals surface area contributed by atoms with Crippen LogP contribution in [-0.4, -0.2) is 22.8 Å². The normalized spacial score (nSPS) is 36.7. The zero-order valence-corrected chi connectivity index (χ0v) is 15.0. The summed E-state index contributed by atoms with van der Waals surface area (Å²) in [6, 6.07) is 3.87. The summed E-state index contributed by atoms with van der Waals surface area (Å²) in [5, 5.41) is 20.8. The number of rotatable bonds is 1. The molecule has 24 heavy (non-hydrogen) atoms. The van der Waals surface area contributed by atoms with E-state index in [0.717, 1.165) is 36.1 Å². The molecule has 1 saturated carbocycles. The highest BCUT2D eigenvalue weighted by atomic mass is 16.7. The molecule has 1 spiro atoms. The van der Waals surface area contributed by atoms with Gasteiger partial charge in [-0.05, 0) is 42.2 Å². The fourth-order valence-electron chi connectivity index (χ4n) is 5.42. The van der Waals surface area contributed by atoms with Crippen molar-refractivity contribution in [2.75, 3.05) is 0 Å². The number of hydrogen-bond donors (Lipinski definition) is 2. The van der Waals surface area contributed by atoms with Gasteiger partial charge in [0.1, 0.15) is 11.5 Å². The molecular formula is C20H28O4. The van der Waals surface area contributed by atoms with Gasteiger partial charge < -0.3 is 19.7 Å². The number of aromatic hydroxyl groups is 1. The minimum Gasteiger partial charge on any atom is -0.508 e. The first kappa shape index (κ1) is 16.2. The minimum absolute atomic E-state index is 0.110. The van der Waals surface area contributed by atoms with Crippen molar-refractivity contribution in [2.45, 2.75) is 77.3 Å². The van der Waals surface area contributed by atoms with E-state index in [4.69, 9.17) is 9.47 Å². The van der Waals surface area contributed by atoms with E-state index in [2.05, 4.69) is 27.7 Å². The maximum Gasteiger partial charge on any atom is 0.212 e. The van der Waals surface area contributed by atoms with Gasteiger partial charge in [-0.1, -0.05) is 34.1 Å². The first-order valence-corrected chi connectivity index (χ1v) is 9.13. The molecule has 1 aromatic carbocycles. The van der Waals surface area contributed by atoms with Gasteiger partial charge in [0.25, 0.3) is 0 Å². The van der Waals surface area contributed by atoms with Gasteiger partial charge in [-0.2, -0.15) is 0 Å². The SMILES string of the molecule is CC(C)c1cc2c(cc1O)C13CCCC(C)(C)C1CC(O)OC3O2. The van der Waals surface area contributed by atoms with E-state index in [1.54, 1.807) is 0 Å². The van der Waals surface area contributed by atoms with E-state index >= 15 is 0 Å². The van der Waals surface area contributed by atoms with Gasteiger partial charge in [-0.25, -0.2) is 0 Å². The quantitative estimate of drug-likeness (QED) is 0.815. The lowest BCUT2D eigenvalue weighted by molar-refractivity contribution is -0.277. The van der Waals surface area contributed by atoms with Gasteiger partial charge in [0.2, 0.25) is 6.29 Å². The van der Waals surface area contributed by atoms with Crippen molar-refractivity contribution < 1.29 is 19.7 Å². The first-order valence-electron chi connectivity index (χ1n) is 9.13. The maximum atomic E-state index is 10.6. The van der Waals surface area contributed by atoms with Crippen LogP contribution < -0.4 is 4.74 Å². The summed E-state index contributed by atoms with van der Waals surface area (Å²) in [6.07, 6.45) is 2.62. The number of phenolic OH excluding ortho intramolecular Hbond substituents is 1. The third-order valence-corrected chi connectivity index (χ3v) is 6.60. The van der Waals surface area contributed by atoms with Crippen molar-refractivity contribution in [1.82, 2.24) is 0 Å². The molecule has 4 heteroatoms. The van der Waals surface area contributed by atoms with Crippen LogP contribution in [0.5, 0.6) is 11.5 Å². The van der Waals surface area contributed by atoms with Crippen LogP contribution >= 0.6 is 0 Å². The fraction of sp³-hybridized carbons (Fsp3) is 0.700. The molecule has 4 nitrogen and oxygen atoms in total. The monoisotopic (exact) mass is 332 g/mol. The Balaban J connectivity index is 1.89. The predicted octanol–water partition coefficient (Wildman–Crippen LogP) is 4.04. The number of ether oxygens (including phenoxy) is 2. The summed E-state index contributed by atoms with van der Waals surface area (Å²) in [7, 11) is 0. The molecule has 0 bridgehead atoms. The van der Waals surface area contributed by atoms with Crippen molar-refractivity contribution in [1.29, 1.82) is 0 Å². The van der Waals surface area contributed by atoms with Crippen LogP contribution in [0.1, 0.15) is 70.4 Å². The Kier molecular flexibility index (Phi) is 3.46. The summed E-state index contributed by atoms with van der Waals surface area (Å²) < 4.78 is 12.0. The topological polar surface area (TPSA) is 58.9 Å². The number of benzene rings is 1. The van der Waals surface area contributed by atoms with Gasteiger partial charge in [0.05, 0.1) is 5.41 Å². The van der Waals surface area contributed by atoms with Gasteiger partial charge in [0, 0.05) is 17.5 Å². The molecule has 0 radical (unpaired) electrons. The predicted molar refractivity (Wildman–Crippen MR) is 91.1 cm³/mol. The van der Waals surface area contributed by atoms with E-state index in [0.29, 0.717) is 12.2 Å². The highest BCUT2D eigenvalue weighted by molar-refractivity contribution is 5.54. The van der Waals surface area contributed by atoms with Crippen molar-refractivity contribution in [3.8, 4) is 11.5 Å². The molecule has 1 aliphatic carbocycles. The standard InChI is InChI=1S/C20H28O4/c1-11(2)12-8-15-13(9-14(12)21)20-7-5-6-19(3,4)16(20)10-17(22)24-18(20)23-15/h8-9,11,16-18,21-22H,5-7,10H2,1-4H3. The summed E-state index contributed by atoms with van der Waals surface area (Å²) in [6.45, 7) is 8.70. The molecule has 4 rings (SSSR count). The largest absolute Gasteiger partial charge is 0.508 e. The number of hydrogen-bond acceptors (Lipinski definition) is 4. The minimum atomic E-state index is -0.780. The molecule has 1 aromatic rings. The van der Waals surface area contributed by atoms with E-state index in [9.17, 15) is 10.2 Å². The van der Waals surface area contributed by atoms with Gasteiger partial charge in [-0.3, -0.25) is 0 Å². The lowest BCUT2D eigenvalue weighted by Gasteiger charge is -2.55. The molecule has 3 aliphatic rings. The Morgan fingerprint density at radius 2 is 1.96 bits per heavy atom. The zero-order chi connectivity index (χ0) is 17.3. The molecular weight excluding hydrogens is 304 g/mol. The molecule has 2 aliphatic heterocycles. The molecule has 2 fully saturated rings. The molecule has 0 aromatic heterocycles. The average molecular weight is 332 g/mol. The summed E-state index contributed by atoms with van der Waals surface area (Å²) in [5.74, 6) is 1.66. The highest BCUT2D eigenvalue weighted by Gasteiger charge is 2.63. The fourth-order valence-corrected chi connectivity index (χ4v) is 5.42. The second kappa shape index (κ2) is 5.12. The Bertz CT molecular complexity index is 666. The van der Waals surface area contributed by atoms with E-state index in [1.165, 1.54) is 0 Å². The Hall–Kier alpha value is -1.26. The van der Waals surface area contributed by atoms with E-state index < -0.39 is 12.6 Å². The van der Waals surface area contributed by atoms with Crippen molar-refractivity contribution >= 4 is 0 Å². The molecule has 0 amide bonds. The highest BCUT2D eigenvalue weighted by Crippen LogP contribution is 2.63. The second-order valence-electron chi connectivity index (χ2n) is 8.77. The third kappa shape index (κ3) is 2.05. The average Bonchev–Trinajstić information content (AvgIpc) is 2.78. The summed E-state index contributed by atoms with van der Waals surface area (Å²) >= 11 is 0.